The van der Waals surface area contributed by atoms with Crippen molar-refractivity contribution in [1.82, 2.24) is 10.3 Å². The number of aromatic nitrogens is 1. The van der Waals surface area contributed by atoms with Crippen molar-refractivity contribution in [1.29, 1.82) is 0 Å². The number of nitrogen functional groups attached to an aromatic ring is 1. The third-order valence-electron chi connectivity index (χ3n) is 1.62. The largest absolute Gasteiger partial charge is 0.397 e. The zero-order valence-corrected chi connectivity index (χ0v) is 10.6. The van der Waals surface area contributed by atoms with Gasteiger partial charge in [-0.05, 0) is 32.9 Å². The Kier molecular flexibility index (Phi) is 4.18. The molecule has 1 amide bonds. The number of rotatable bonds is 3. The Bertz CT molecular complexity index is 356. The number of thioether (sulfide) groups is 1. The van der Waals surface area contributed by atoms with Crippen molar-refractivity contribution in [3.63, 3.8) is 0 Å². The van der Waals surface area contributed by atoms with Gasteiger partial charge < -0.3 is 11.1 Å². The van der Waals surface area contributed by atoms with Crippen molar-refractivity contribution >= 4 is 23.4 Å². The first kappa shape index (κ1) is 12.8. The first-order valence-corrected chi connectivity index (χ1v) is 6.01. The molecular weight excluding hydrogens is 222 g/mol. The maximum Gasteiger partial charge on any atom is 0.230 e. The van der Waals surface area contributed by atoms with Gasteiger partial charge in [-0.2, -0.15) is 0 Å². The van der Waals surface area contributed by atoms with E-state index in [9.17, 15) is 4.79 Å². The lowest BCUT2D eigenvalue weighted by Gasteiger charge is -2.20. The zero-order chi connectivity index (χ0) is 12.2. The number of amides is 1. The maximum absolute atomic E-state index is 11.5. The Hall–Kier alpha value is -1.23. The second kappa shape index (κ2) is 5.21. The van der Waals surface area contributed by atoms with E-state index in [0.717, 1.165) is 5.03 Å². The Labute approximate surface area is 100 Å². The Balaban J connectivity index is 2.40. The molecule has 1 heterocycles. The van der Waals surface area contributed by atoms with E-state index in [2.05, 4.69) is 10.3 Å². The highest BCUT2D eigenvalue weighted by Gasteiger charge is 2.13. The highest BCUT2D eigenvalue weighted by Crippen LogP contribution is 2.15. The summed E-state index contributed by atoms with van der Waals surface area (Å²) in [6.07, 6.45) is 1.59. The van der Waals surface area contributed by atoms with Gasteiger partial charge in [-0.25, -0.2) is 4.98 Å². The Morgan fingerprint density at radius 2 is 2.19 bits per heavy atom. The molecule has 4 nitrogen and oxygen atoms in total. The molecule has 0 bridgehead atoms. The highest BCUT2D eigenvalue weighted by atomic mass is 32.2. The van der Waals surface area contributed by atoms with Gasteiger partial charge in [0, 0.05) is 5.54 Å². The zero-order valence-electron chi connectivity index (χ0n) is 9.78. The van der Waals surface area contributed by atoms with Crippen LogP contribution in [0.3, 0.4) is 0 Å². The summed E-state index contributed by atoms with van der Waals surface area (Å²) in [5.41, 5.74) is 5.95. The number of carbonyl (C=O) groups excluding carboxylic acids is 1. The van der Waals surface area contributed by atoms with Crippen LogP contribution < -0.4 is 11.1 Å². The average Bonchev–Trinajstić information content (AvgIpc) is 2.14. The summed E-state index contributed by atoms with van der Waals surface area (Å²) >= 11 is 1.40. The molecule has 0 unspecified atom stereocenters. The van der Waals surface area contributed by atoms with Gasteiger partial charge in [0.05, 0.1) is 22.7 Å². The molecule has 0 saturated heterocycles. The van der Waals surface area contributed by atoms with E-state index in [1.807, 2.05) is 26.8 Å². The van der Waals surface area contributed by atoms with E-state index < -0.39 is 0 Å². The molecule has 0 radical (unpaired) electrons. The lowest BCUT2D eigenvalue weighted by molar-refractivity contribution is -0.119. The second-order valence-corrected chi connectivity index (χ2v) is 5.51. The topological polar surface area (TPSA) is 68.0 Å². The fourth-order valence-corrected chi connectivity index (χ4v) is 1.71. The predicted molar refractivity (Wildman–Crippen MR) is 67.3 cm³/mol. The quantitative estimate of drug-likeness (QED) is 0.787. The molecule has 0 spiro atoms. The minimum Gasteiger partial charge on any atom is -0.397 e. The fourth-order valence-electron chi connectivity index (χ4n) is 1.07. The summed E-state index contributed by atoms with van der Waals surface area (Å²) in [6.45, 7) is 5.87. The van der Waals surface area contributed by atoms with Crippen molar-refractivity contribution < 1.29 is 4.79 Å². The summed E-state index contributed by atoms with van der Waals surface area (Å²) in [5.74, 6) is 0.380. The molecule has 0 atom stereocenters. The number of nitrogens with one attached hydrogen (secondary N) is 1. The van der Waals surface area contributed by atoms with E-state index in [-0.39, 0.29) is 11.4 Å². The summed E-state index contributed by atoms with van der Waals surface area (Å²) in [4.78, 5) is 15.6. The Morgan fingerprint density at radius 1 is 1.50 bits per heavy atom. The van der Waals surface area contributed by atoms with Gasteiger partial charge in [0.1, 0.15) is 0 Å². The molecular formula is C11H17N3OS. The molecule has 16 heavy (non-hydrogen) atoms. The van der Waals surface area contributed by atoms with Crippen LogP contribution >= 0.6 is 11.8 Å². The van der Waals surface area contributed by atoms with Crippen molar-refractivity contribution in [3.8, 4) is 0 Å². The number of hydrogen-bond donors (Lipinski definition) is 2. The van der Waals surface area contributed by atoms with E-state index >= 15 is 0 Å². The van der Waals surface area contributed by atoms with Crippen LogP contribution in [-0.4, -0.2) is 22.2 Å². The van der Waals surface area contributed by atoms with E-state index in [0.29, 0.717) is 11.4 Å². The number of nitrogens with zero attached hydrogens (tertiary/aromatic N) is 1. The van der Waals surface area contributed by atoms with Crippen molar-refractivity contribution in [2.75, 3.05) is 11.5 Å². The number of carbonyl (C=O) groups is 1. The lowest BCUT2D eigenvalue weighted by atomic mass is 10.1. The van der Waals surface area contributed by atoms with Crippen LogP contribution in [0.2, 0.25) is 0 Å². The summed E-state index contributed by atoms with van der Waals surface area (Å²) in [7, 11) is 0. The fraction of sp³-hybridized carbons (Fsp3) is 0.455. The van der Waals surface area contributed by atoms with E-state index in [4.69, 9.17) is 5.73 Å². The lowest BCUT2D eigenvalue weighted by Crippen LogP contribution is -2.41. The van der Waals surface area contributed by atoms with Crippen LogP contribution in [0.25, 0.3) is 0 Å². The van der Waals surface area contributed by atoms with Crippen LogP contribution in [-0.2, 0) is 4.79 Å². The first-order valence-electron chi connectivity index (χ1n) is 5.02. The molecule has 1 aromatic rings. The third-order valence-corrected chi connectivity index (χ3v) is 2.57. The SMILES string of the molecule is CC(C)(C)NC(=O)CSc1ccc(N)cn1. The molecule has 0 aliphatic carbocycles. The minimum atomic E-state index is -0.188. The normalized spacial score (nSPS) is 11.2. The van der Waals surface area contributed by atoms with Crippen LogP contribution in [0.4, 0.5) is 5.69 Å². The van der Waals surface area contributed by atoms with Gasteiger partial charge in [-0.3, -0.25) is 4.79 Å². The third kappa shape index (κ3) is 5.02. The first-order chi connectivity index (χ1) is 7.37. The average molecular weight is 239 g/mol. The Morgan fingerprint density at radius 3 is 2.69 bits per heavy atom. The minimum absolute atomic E-state index is 0.0103. The smallest absolute Gasteiger partial charge is 0.230 e. The van der Waals surface area contributed by atoms with Crippen LogP contribution in [0.15, 0.2) is 23.4 Å². The van der Waals surface area contributed by atoms with Gasteiger partial charge in [0.15, 0.2) is 0 Å². The summed E-state index contributed by atoms with van der Waals surface area (Å²) < 4.78 is 0. The molecule has 0 fully saturated rings. The second-order valence-electron chi connectivity index (χ2n) is 4.52. The molecule has 0 aliphatic rings. The van der Waals surface area contributed by atoms with Gasteiger partial charge in [-0.1, -0.05) is 11.8 Å². The van der Waals surface area contributed by atoms with Gasteiger partial charge >= 0.3 is 0 Å². The molecule has 1 rings (SSSR count). The van der Waals surface area contributed by atoms with Crippen LogP contribution in [0.1, 0.15) is 20.8 Å². The van der Waals surface area contributed by atoms with Crippen molar-refractivity contribution in [2.24, 2.45) is 0 Å². The predicted octanol–water partition coefficient (Wildman–Crippen LogP) is 1.67. The summed E-state index contributed by atoms with van der Waals surface area (Å²) in [6, 6.07) is 3.58. The molecule has 0 saturated carbocycles. The molecule has 3 N–H and O–H groups in total. The molecule has 88 valence electrons. The van der Waals surface area contributed by atoms with Crippen LogP contribution in [0, 0.1) is 0 Å². The van der Waals surface area contributed by atoms with Crippen LogP contribution in [0.5, 0.6) is 0 Å². The molecule has 0 aromatic carbocycles. The molecule has 5 heteroatoms. The number of pyridine rings is 1. The summed E-state index contributed by atoms with van der Waals surface area (Å²) in [5, 5.41) is 3.69. The van der Waals surface area contributed by atoms with Crippen molar-refractivity contribution in [2.45, 2.75) is 31.3 Å². The monoisotopic (exact) mass is 239 g/mol. The van der Waals surface area contributed by atoms with Crippen molar-refractivity contribution in [3.05, 3.63) is 18.3 Å². The van der Waals surface area contributed by atoms with E-state index in [1.165, 1.54) is 11.8 Å². The number of anilines is 1. The highest BCUT2D eigenvalue weighted by molar-refractivity contribution is 7.99. The molecule has 0 aliphatic heterocycles. The number of hydrogen-bond acceptors (Lipinski definition) is 4. The van der Waals surface area contributed by atoms with Gasteiger partial charge in [0.25, 0.3) is 0 Å². The van der Waals surface area contributed by atoms with Gasteiger partial charge in [-0.15, -0.1) is 0 Å². The standard InChI is InChI=1S/C11H17N3OS/c1-11(2,3)14-9(15)7-16-10-5-4-8(12)6-13-10/h4-6H,7,12H2,1-3H3,(H,14,15). The molecule has 1 aromatic heterocycles. The van der Waals surface area contributed by atoms with E-state index in [1.54, 1.807) is 12.3 Å². The van der Waals surface area contributed by atoms with Gasteiger partial charge in [0.2, 0.25) is 5.91 Å². The number of nitrogens with two attached hydrogens (primary N) is 1. The maximum atomic E-state index is 11.5.